The fourth-order valence-electron chi connectivity index (χ4n) is 1.83. The summed E-state index contributed by atoms with van der Waals surface area (Å²) in [5.41, 5.74) is 1.29. The molecule has 0 unspecified atom stereocenters. The highest BCUT2D eigenvalue weighted by atomic mass is 16.6. The summed E-state index contributed by atoms with van der Waals surface area (Å²) in [7, 11) is 0. The maximum absolute atomic E-state index is 12.2. The Morgan fingerprint density at radius 2 is 2.10 bits per heavy atom. The molecule has 0 aliphatic carbocycles. The molecular weight excluding hydrogens is 270 g/mol. The first-order valence-corrected chi connectivity index (χ1v) is 7.27. The Labute approximate surface area is 126 Å². The summed E-state index contributed by atoms with van der Waals surface area (Å²) in [6.45, 7) is 12.0. The average Bonchev–Trinajstić information content (AvgIpc) is 2.68. The second-order valence-corrected chi connectivity index (χ2v) is 6.44. The van der Waals surface area contributed by atoms with Crippen LogP contribution in [0.2, 0.25) is 0 Å². The van der Waals surface area contributed by atoms with Crippen LogP contribution < -0.4 is 0 Å². The Balaban J connectivity index is 2.85. The van der Waals surface area contributed by atoms with Crippen LogP contribution in [0.15, 0.2) is 6.20 Å². The van der Waals surface area contributed by atoms with E-state index in [-0.39, 0.29) is 19.2 Å². The van der Waals surface area contributed by atoms with Gasteiger partial charge in [0.05, 0.1) is 18.8 Å². The van der Waals surface area contributed by atoms with Gasteiger partial charge < -0.3 is 14.7 Å². The van der Waals surface area contributed by atoms with Crippen LogP contribution in [0.4, 0.5) is 4.79 Å². The van der Waals surface area contributed by atoms with E-state index in [1.807, 2.05) is 38.6 Å². The normalized spacial score (nSPS) is 11.8. The summed E-state index contributed by atoms with van der Waals surface area (Å²) < 4.78 is 7.24. The number of nitrogens with zero attached hydrogens (tertiary/aromatic N) is 3. The number of ether oxygens (including phenoxy) is 1. The van der Waals surface area contributed by atoms with Gasteiger partial charge in [0.15, 0.2) is 0 Å². The average molecular weight is 297 g/mol. The zero-order valence-electron chi connectivity index (χ0n) is 13.9. The number of hydrogen-bond donors (Lipinski definition) is 1. The third-order valence-corrected chi connectivity index (χ3v) is 2.93. The van der Waals surface area contributed by atoms with Gasteiger partial charge in [-0.3, -0.25) is 4.68 Å². The molecule has 0 saturated heterocycles. The number of aliphatic hydroxyl groups is 1. The maximum atomic E-state index is 12.2. The molecule has 6 heteroatoms. The Bertz CT molecular complexity index is 475. The molecule has 0 bridgehead atoms. The minimum Gasteiger partial charge on any atom is -0.444 e. The van der Waals surface area contributed by atoms with Crippen LogP contribution in [0.5, 0.6) is 0 Å². The van der Waals surface area contributed by atoms with Crippen LogP contribution in [-0.4, -0.2) is 44.6 Å². The molecule has 0 saturated carbocycles. The van der Waals surface area contributed by atoms with Gasteiger partial charge in [0, 0.05) is 24.3 Å². The van der Waals surface area contributed by atoms with Crippen molar-refractivity contribution in [2.24, 2.45) is 0 Å². The van der Waals surface area contributed by atoms with E-state index in [0.717, 1.165) is 11.3 Å². The van der Waals surface area contributed by atoms with Crippen molar-refractivity contribution in [3.63, 3.8) is 0 Å². The first kappa shape index (κ1) is 17.5. The molecule has 0 aliphatic heterocycles. The van der Waals surface area contributed by atoms with E-state index in [4.69, 9.17) is 9.84 Å². The molecule has 0 spiro atoms. The molecule has 1 rings (SSSR count). The highest BCUT2D eigenvalue weighted by Gasteiger charge is 2.23. The predicted octanol–water partition coefficient (Wildman–Crippen LogP) is 2.50. The van der Waals surface area contributed by atoms with Crippen LogP contribution in [0.1, 0.15) is 51.9 Å². The molecule has 1 aromatic heterocycles. The monoisotopic (exact) mass is 297 g/mol. The van der Waals surface area contributed by atoms with E-state index >= 15 is 0 Å². The van der Waals surface area contributed by atoms with Gasteiger partial charge in [-0.25, -0.2) is 4.79 Å². The zero-order valence-corrected chi connectivity index (χ0v) is 13.9. The van der Waals surface area contributed by atoms with Gasteiger partial charge >= 0.3 is 6.09 Å². The zero-order chi connectivity index (χ0) is 16.2. The number of aliphatic hydroxyl groups excluding tert-OH is 1. The van der Waals surface area contributed by atoms with Crippen molar-refractivity contribution in [3.05, 3.63) is 17.5 Å². The third-order valence-electron chi connectivity index (χ3n) is 2.93. The molecule has 120 valence electrons. The van der Waals surface area contributed by atoms with Gasteiger partial charge in [-0.05, 0) is 41.5 Å². The van der Waals surface area contributed by atoms with Crippen molar-refractivity contribution >= 4 is 6.09 Å². The molecule has 1 heterocycles. The Hall–Kier alpha value is -1.56. The number of carbonyl (C=O) groups excluding carboxylic acids is 1. The SMILES string of the molecule is Cc1nn(C(C)C)cc1CN(CCO)C(=O)OC(C)(C)C. The van der Waals surface area contributed by atoms with Crippen molar-refractivity contribution in [2.45, 2.75) is 59.7 Å². The van der Waals surface area contributed by atoms with E-state index in [1.54, 1.807) is 0 Å². The topological polar surface area (TPSA) is 67.6 Å². The van der Waals surface area contributed by atoms with Gasteiger partial charge in [0.2, 0.25) is 0 Å². The first-order chi connectivity index (χ1) is 9.64. The smallest absolute Gasteiger partial charge is 0.410 e. The minimum atomic E-state index is -0.554. The fraction of sp³-hybridized carbons (Fsp3) is 0.733. The molecule has 1 aromatic rings. The standard InChI is InChI=1S/C15H27N3O3/c1-11(2)18-10-13(12(3)16-18)9-17(7-8-19)14(20)21-15(4,5)6/h10-11,19H,7-9H2,1-6H3. The van der Waals surface area contributed by atoms with Gasteiger partial charge in [0.1, 0.15) is 5.60 Å². The summed E-state index contributed by atoms with van der Waals surface area (Å²) >= 11 is 0. The molecule has 0 fully saturated rings. The van der Waals surface area contributed by atoms with Gasteiger partial charge in [-0.2, -0.15) is 5.10 Å². The second kappa shape index (κ2) is 6.93. The van der Waals surface area contributed by atoms with Gasteiger partial charge in [-0.1, -0.05) is 0 Å². The molecule has 1 N–H and O–H groups in total. The van der Waals surface area contributed by atoms with Crippen molar-refractivity contribution in [3.8, 4) is 0 Å². The van der Waals surface area contributed by atoms with Crippen molar-refractivity contribution < 1.29 is 14.6 Å². The summed E-state index contributed by atoms with van der Waals surface area (Å²) in [5, 5.41) is 13.6. The molecule has 0 aliphatic rings. The summed E-state index contributed by atoms with van der Waals surface area (Å²) in [4.78, 5) is 13.7. The third kappa shape index (κ3) is 5.38. The number of amides is 1. The van der Waals surface area contributed by atoms with E-state index in [1.165, 1.54) is 4.90 Å². The molecule has 21 heavy (non-hydrogen) atoms. The van der Waals surface area contributed by atoms with Crippen molar-refractivity contribution in [1.82, 2.24) is 14.7 Å². The number of carbonyl (C=O) groups is 1. The van der Waals surface area contributed by atoms with E-state index < -0.39 is 11.7 Å². The summed E-state index contributed by atoms with van der Waals surface area (Å²) in [5.74, 6) is 0. The summed E-state index contributed by atoms with van der Waals surface area (Å²) in [6.07, 6.45) is 1.52. The molecule has 0 radical (unpaired) electrons. The number of aryl methyl sites for hydroxylation is 1. The number of hydrogen-bond acceptors (Lipinski definition) is 4. The maximum Gasteiger partial charge on any atom is 0.410 e. The van der Waals surface area contributed by atoms with E-state index in [9.17, 15) is 4.79 Å². The summed E-state index contributed by atoms with van der Waals surface area (Å²) in [6, 6.07) is 0.269. The van der Waals surface area contributed by atoms with E-state index in [2.05, 4.69) is 18.9 Å². The van der Waals surface area contributed by atoms with E-state index in [0.29, 0.717) is 6.54 Å². The molecule has 1 amide bonds. The number of aromatic nitrogens is 2. The highest BCUT2D eigenvalue weighted by Crippen LogP contribution is 2.16. The van der Waals surface area contributed by atoms with Gasteiger partial charge in [-0.15, -0.1) is 0 Å². The number of rotatable bonds is 5. The Morgan fingerprint density at radius 3 is 2.52 bits per heavy atom. The Morgan fingerprint density at radius 1 is 1.48 bits per heavy atom. The lowest BCUT2D eigenvalue weighted by atomic mass is 10.2. The van der Waals surface area contributed by atoms with Crippen LogP contribution in [0.3, 0.4) is 0 Å². The van der Waals surface area contributed by atoms with Crippen LogP contribution in [-0.2, 0) is 11.3 Å². The molecule has 0 atom stereocenters. The minimum absolute atomic E-state index is 0.101. The van der Waals surface area contributed by atoms with Crippen LogP contribution in [0.25, 0.3) is 0 Å². The van der Waals surface area contributed by atoms with Crippen LogP contribution in [0, 0.1) is 6.92 Å². The van der Waals surface area contributed by atoms with Crippen molar-refractivity contribution in [1.29, 1.82) is 0 Å². The largest absolute Gasteiger partial charge is 0.444 e. The molecule has 0 aromatic carbocycles. The quantitative estimate of drug-likeness (QED) is 0.906. The first-order valence-electron chi connectivity index (χ1n) is 7.27. The van der Waals surface area contributed by atoms with Crippen LogP contribution >= 0.6 is 0 Å². The predicted molar refractivity (Wildman–Crippen MR) is 81.1 cm³/mol. The lowest BCUT2D eigenvalue weighted by molar-refractivity contribution is 0.0201. The Kier molecular flexibility index (Phi) is 5.78. The molecular formula is C15H27N3O3. The van der Waals surface area contributed by atoms with Gasteiger partial charge in [0.25, 0.3) is 0 Å². The lowest BCUT2D eigenvalue weighted by Gasteiger charge is -2.26. The lowest BCUT2D eigenvalue weighted by Crippen LogP contribution is -2.38. The van der Waals surface area contributed by atoms with Crippen molar-refractivity contribution in [2.75, 3.05) is 13.2 Å². The second-order valence-electron chi connectivity index (χ2n) is 6.44. The fourth-order valence-corrected chi connectivity index (χ4v) is 1.83. The highest BCUT2D eigenvalue weighted by molar-refractivity contribution is 5.68. The molecule has 6 nitrogen and oxygen atoms in total.